The lowest BCUT2D eigenvalue weighted by Crippen LogP contribution is -2.03. The van der Waals surface area contributed by atoms with Gasteiger partial charge in [0.1, 0.15) is 12.4 Å². The van der Waals surface area contributed by atoms with E-state index in [2.05, 4.69) is 86.3 Å². The SMILES string of the molecule is C=CCOc1ccc2c(c1)SCc1ccccc1/C(CC)=C\2c1ccccc1. The average Bonchev–Trinajstić information content (AvgIpc) is 2.74. The predicted molar refractivity (Wildman–Crippen MR) is 121 cm³/mol. The van der Waals surface area contributed by atoms with Gasteiger partial charge in [-0.1, -0.05) is 74.2 Å². The van der Waals surface area contributed by atoms with Crippen molar-refractivity contribution in [3.05, 3.63) is 108 Å². The first-order valence-electron chi connectivity index (χ1n) is 9.69. The molecule has 0 saturated heterocycles. The largest absolute Gasteiger partial charge is 0.490 e. The van der Waals surface area contributed by atoms with E-state index in [0.717, 1.165) is 17.9 Å². The minimum Gasteiger partial charge on any atom is -0.490 e. The van der Waals surface area contributed by atoms with Crippen LogP contribution in [-0.4, -0.2) is 6.61 Å². The van der Waals surface area contributed by atoms with Gasteiger partial charge in [-0.15, -0.1) is 11.8 Å². The van der Waals surface area contributed by atoms with Crippen LogP contribution in [0, 0.1) is 0 Å². The van der Waals surface area contributed by atoms with Gasteiger partial charge in [0, 0.05) is 10.6 Å². The minimum absolute atomic E-state index is 0.522. The van der Waals surface area contributed by atoms with Crippen LogP contribution < -0.4 is 4.74 Å². The fourth-order valence-corrected chi connectivity index (χ4v) is 4.86. The molecule has 0 aliphatic carbocycles. The molecule has 1 nitrogen and oxygen atoms in total. The predicted octanol–water partition coefficient (Wildman–Crippen LogP) is 7.23. The van der Waals surface area contributed by atoms with E-state index < -0.39 is 0 Å². The van der Waals surface area contributed by atoms with Crippen LogP contribution in [0.1, 0.15) is 35.6 Å². The highest BCUT2D eigenvalue weighted by molar-refractivity contribution is 7.98. The Hall–Kier alpha value is -2.71. The van der Waals surface area contributed by atoms with Crippen LogP contribution >= 0.6 is 11.8 Å². The number of hydrogen-bond acceptors (Lipinski definition) is 2. The molecule has 0 spiro atoms. The third kappa shape index (κ3) is 3.65. The third-order valence-electron chi connectivity index (χ3n) is 5.03. The van der Waals surface area contributed by atoms with E-state index in [1.54, 1.807) is 6.08 Å². The first kappa shape index (κ1) is 18.6. The summed E-state index contributed by atoms with van der Waals surface area (Å²) >= 11 is 1.88. The number of benzene rings is 3. The first-order chi connectivity index (χ1) is 13.8. The van der Waals surface area contributed by atoms with Crippen molar-refractivity contribution >= 4 is 22.9 Å². The van der Waals surface area contributed by atoms with Crippen LogP contribution in [0.25, 0.3) is 11.1 Å². The highest BCUT2D eigenvalue weighted by Gasteiger charge is 2.21. The zero-order chi connectivity index (χ0) is 19.3. The molecule has 28 heavy (non-hydrogen) atoms. The van der Waals surface area contributed by atoms with Crippen LogP contribution in [0.15, 0.2) is 90.3 Å². The lowest BCUT2D eigenvalue weighted by atomic mass is 9.86. The van der Waals surface area contributed by atoms with Crippen molar-refractivity contribution in [3.8, 4) is 5.75 Å². The molecule has 0 atom stereocenters. The Bertz CT molecular complexity index is 1020. The second kappa shape index (κ2) is 8.53. The van der Waals surface area contributed by atoms with Crippen LogP contribution in [0.2, 0.25) is 0 Å². The Balaban J connectivity index is 1.98. The fraction of sp³-hybridized carbons (Fsp3) is 0.154. The second-order valence-corrected chi connectivity index (χ2v) is 7.79. The van der Waals surface area contributed by atoms with Gasteiger partial charge in [0.05, 0.1) is 0 Å². The lowest BCUT2D eigenvalue weighted by Gasteiger charge is -2.24. The van der Waals surface area contributed by atoms with Gasteiger partial charge in [-0.3, -0.25) is 0 Å². The summed E-state index contributed by atoms with van der Waals surface area (Å²) in [7, 11) is 0. The smallest absolute Gasteiger partial charge is 0.120 e. The first-order valence-corrected chi connectivity index (χ1v) is 10.7. The summed E-state index contributed by atoms with van der Waals surface area (Å²) in [5.74, 6) is 1.85. The maximum Gasteiger partial charge on any atom is 0.120 e. The minimum atomic E-state index is 0.522. The van der Waals surface area contributed by atoms with E-state index >= 15 is 0 Å². The van der Waals surface area contributed by atoms with Crippen molar-refractivity contribution in [2.24, 2.45) is 0 Å². The topological polar surface area (TPSA) is 9.23 Å². The van der Waals surface area contributed by atoms with E-state index in [0.29, 0.717) is 6.61 Å². The van der Waals surface area contributed by atoms with Gasteiger partial charge >= 0.3 is 0 Å². The monoisotopic (exact) mass is 384 g/mol. The summed E-state index contributed by atoms with van der Waals surface area (Å²) in [4.78, 5) is 1.26. The number of rotatable bonds is 5. The second-order valence-electron chi connectivity index (χ2n) is 6.78. The van der Waals surface area contributed by atoms with Crippen LogP contribution in [0.5, 0.6) is 5.75 Å². The van der Waals surface area contributed by atoms with Gasteiger partial charge in [-0.25, -0.2) is 0 Å². The lowest BCUT2D eigenvalue weighted by molar-refractivity contribution is 0.362. The molecular formula is C26H24OS. The Labute approximate surface area is 171 Å². The van der Waals surface area contributed by atoms with Gasteiger partial charge < -0.3 is 4.74 Å². The molecular weight excluding hydrogens is 360 g/mol. The Morgan fingerprint density at radius 3 is 2.54 bits per heavy atom. The molecule has 0 radical (unpaired) electrons. The van der Waals surface area contributed by atoms with Crippen molar-refractivity contribution in [1.82, 2.24) is 0 Å². The molecule has 1 aliphatic rings. The summed E-state index contributed by atoms with van der Waals surface area (Å²) in [6.45, 7) is 6.53. The highest BCUT2D eigenvalue weighted by Crippen LogP contribution is 2.44. The summed E-state index contributed by atoms with van der Waals surface area (Å²) in [5, 5.41) is 0. The molecule has 4 rings (SSSR count). The van der Waals surface area contributed by atoms with Crippen LogP contribution in [0.4, 0.5) is 0 Å². The zero-order valence-electron chi connectivity index (χ0n) is 16.2. The molecule has 0 aromatic heterocycles. The van der Waals surface area contributed by atoms with E-state index in [1.807, 2.05) is 11.8 Å². The molecule has 1 aliphatic heterocycles. The molecule has 0 amide bonds. The molecule has 0 bridgehead atoms. The maximum absolute atomic E-state index is 5.81. The number of ether oxygens (including phenoxy) is 1. The van der Waals surface area contributed by atoms with Gasteiger partial charge in [-0.2, -0.15) is 0 Å². The summed E-state index contributed by atoms with van der Waals surface area (Å²) in [6, 6.07) is 26.0. The molecule has 2 heteroatoms. The normalized spacial score (nSPS) is 15.8. The van der Waals surface area contributed by atoms with Crippen molar-refractivity contribution in [2.45, 2.75) is 24.0 Å². The van der Waals surface area contributed by atoms with Gasteiger partial charge in [-0.05, 0) is 58.0 Å². The molecule has 3 aromatic carbocycles. The molecule has 140 valence electrons. The van der Waals surface area contributed by atoms with E-state index in [4.69, 9.17) is 4.74 Å². The Morgan fingerprint density at radius 1 is 0.964 bits per heavy atom. The maximum atomic E-state index is 5.81. The third-order valence-corrected chi connectivity index (χ3v) is 6.14. The van der Waals surface area contributed by atoms with Crippen molar-refractivity contribution in [3.63, 3.8) is 0 Å². The van der Waals surface area contributed by atoms with Crippen LogP contribution in [-0.2, 0) is 5.75 Å². The molecule has 1 heterocycles. The van der Waals surface area contributed by atoms with Crippen molar-refractivity contribution in [1.29, 1.82) is 0 Å². The summed E-state index contributed by atoms with van der Waals surface area (Å²) in [5.41, 5.74) is 8.04. The Morgan fingerprint density at radius 2 is 1.75 bits per heavy atom. The van der Waals surface area contributed by atoms with Crippen molar-refractivity contribution in [2.75, 3.05) is 6.61 Å². The van der Waals surface area contributed by atoms with Crippen molar-refractivity contribution < 1.29 is 4.74 Å². The Kier molecular flexibility index (Phi) is 5.68. The quantitative estimate of drug-likeness (QED) is 0.429. The number of thioether (sulfide) groups is 1. The molecule has 3 aromatic rings. The van der Waals surface area contributed by atoms with Gasteiger partial charge in [0.15, 0.2) is 0 Å². The van der Waals surface area contributed by atoms with Gasteiger partial charge in [0.25, 0.3) is 0 Å². The van der Waals surface area contributed by atoms with E-state index in [-0.39, 0.29) is 0 Å². The molecule has 0 unspecified atom stereocenters. The highest BCUT2D eigenvalue weighted by atomic mass is 32.2. The zero-order valence-corrected chi connectivity index (χ0v) is 17.0. The number of allylic oxidation sites excluding steroid dienone is 1. The average molecular weight is 385 g/mol. The number of fused-ring (bicyclic) bond motifs is 2. The van der Waals surface area contributed by atoms with E-state index in [9.17, 15) is 0 Å². The standard InChI is InChI=1S/C26H24OS/c1-3-16-27-21-14-15-24-25(17-21)28-18-20-12-8-9-13-23(20)22(4-2)26(24)19-10-6-5-7-11-19/h3,5-15,17H,1,4,16,18H2,2H3/b26-22-. The summed E-state index contributed by atoms with van der Waals surface area (Å²) in [6.07, 6.45) is 2.77. The fourth-order valence-electron chi connectivity index (χ4n) is 3.77. The van der Waals surface area contributed by atoms with Gasteiger partial charge in [0.2, 0.25) is 0 Å². The molecule has 0 fully saturated rings. The van der Waals surface area contributed by atoms with E-state index in [1.165, 1.54) is 38.3 Å². The summed E-state index contributed by atoms with van der Waals surface area (Å²) < 4.78 is 5.81. The number of hydrogen-bond donors (Lipinski definition) is 0. The molecule has 0 saturated carbocycles. The molecule has 0 N–H and O–H groups in total. The van der Waals surface area contributed by atoms with Crippen LogP contribution in [0.3, 0.4) is 0 Å².